The molecular formula is C14H17NO4. The maximum Gasteiger partial charge on any atom is 0.344 e. The van der Waals surface area contributed by atoms with E-state index in [0.29, 0.717) is 17.1 Å². The Hall–Kier alpha value is -2.22. The molecule has 0 saturated heterocycles. The Labute approximate surface area is 112 Å². The molecule has 0 atom stereocenters. The molecule has 0 spiro atoms. The molecule has 5 heteroatoms. The number of ether oxygens (including phenoxy) is 3. The fraction of sp³-hybridized carbons (Fsp3) is 0.429. The lowest BCUT2D eigenvalue weighted by molar-refractivity contribution is -0.157. The first-order valence-electron chi connectivity index (χ1n) is 5.78. The first-order valence-corrected chi connectivity index (χ1v) is 5.78. The molecule has 5 nitrogen and oxygen atoms in total. The van der Waals surface area contributed by atoms with Gasteiger partial charge in [-0.25, -0.2) is 4.79 Å². The topological polar surface area (TPSA) is 68.6 Å². The van der Waals surface area contributed by atoms with Gasteiger partial charge in [0.15, 0.2) is 6.61 Å². The second kappa shape index (κ2) is 6.10. The lowest BCUT2D eigenvalue weighted by Gasteiger charge is -2.19. The van der Waals surface area contributed by atoms with E-state index in [9.17, 15) is 4.79 Å². The lowest BCUT2D eigenvalue weighted by Crippen LogP contribution is -2.27. The molecule has 0 saturated carbocycles. The summed E-state index contributed by atoms with van der Waals surface area (Å²) in [5, 5.41) is 8.99. The van der Waals surface area contributed by atoms with Crippen LogP contribution < -0.4 is 9.47 Å². The van der Waals surface area contributed by atoms with Crippen molar-refractivity contribution in [2.75, 3.05) is 13.7 Å². The summed E-state index contributed by atoms with van der Waals surface area (Å²) in [4.78, 5) is 11.5. The molecule has 0 fully saturated rings. The van der Waals surface area contributed by atoms with Crippen molar-refractivity contribution in [1.29, 1.82) is 5.26 Å². The molecule has 0 aliphatic carbocycles. The molecule has 102 valence electrons. The van der Waals surface area contributed by atoms with Gasteiger partial charge in [0.25, 0.3) is 0 Å². The predicted octanol–water partition coefficient (Wildman–Crippen LogP) is 2.29. The molecule has 0 heterocycles. The van der Waals surface area contributed by atoms with Crippen LogP contribution in [0.25, 0.3) is 0 Å². The van der Waals surface area contributed by atoms with Crippen molar-refractivity contribution in [3.05, 3.63) is 23.8 Å². The molecule has 0 N–H and O–H groups in total. The average molecular weight is 263 g/mol. The summed E-state index contributed by atoms with van der Waals surface area (Å²) in [5.41, 5.74) is -0.249. The Balaban J connectivity index is 2.68. The van der Waals surface area contributed by atoms with Crippen LogP contribution in [0.4, 0.5) is 0 Å². The van der Waals surface area contributed by atoms with Gasteiger partial charge in [0.1, 0.15) is 23.2 Å². The van der Waals surface area contributed by atoms with Crippen molar-refractivity contribution in [3.8, 4) is 17.6 Å². The number of rotatable bonds is 4. The van der Waals surface area contributed by atoms with Crippen molar-refractivity contribution in [3.63, 3.8) is 0 Å². The first kappa shape index (κ1) is 14.8. The average Bonchev–Trinajstić information content (AvgIpc) is 2.34. The van der Waals surface area contributed by atoms with E-state index in [4.69, 9.17) is 19.5 Å². The van der Waals surface area contributed by atoms with Crippen LogP contribution in [0.1, 0.15) is 26.3 Å². The lowest BCUT2D eigenvalue weighted by atomic mass is 10.2. The third kappa shape index (κ3) is 4.88. The smallest absolute Gasteiger partial charge is 0.344 e. The largest absolute Gasteiger partial charge is 0.497 e. The maximum absolute atomic E-state index is 11.5. The Bertz CT molecular complexity index is 497. The molecular weight excluding hydrogens is 246 g/mol. The zero-order valence-electron chi connectivity index (χ0n) is 11.5. The van der Waals surface area contributed by atoms with Gasteiger partial charge in [-0.3, -0.25) is 0 Å². The molecule has 0 aromatic heterocycles. The van der Waals surface area contributed by atoms with Crippen LogP contribution in [-0.4, -0.2) is 25.3 Å². The highest BCUT2D eigenvalue weighted by molar-refractivity contribution is 5.71. The normalized spacial score (nSPS) is 10.5. The Morgan fingerprint density at radius 2 is 2.05 bits per heavy atom. The minimum Gasteiger partial charge on any atom is -0.497 e. The fourth-order valence-electron chi connectivity index (χ4n) is 1.36. The number of carbonyl (C=O) groups is 1. The van der Waals surface area contributed by atoms with Gasteiger partial charge in [0.2, 0.25) is 0 Å². The van der Waals surface area contributed by atoms with Crippen LogP contribution in [-0.2, 0) is 9.53 Å². The summed E-state index contributed by atoms with van der Waals surface area (Å²) < 4.78 is 15.4. The summed E-state index contributed by atoms with van der Waals surface area (Å²) in [6.45, 7) is 5.09. The van der Waals surface area contributed by atoms with Crippen LogP contribution in [0.5, 0.6) is 11.5 Å². The predicted molar refractivity (Wildman–Crippen MR) is 69.0 cm³/mol. The van der Waals surface area contributed by atoms with Crippen LogP contribution in [0, 0.1) is 11.3 Å². The SMILES string of the molecule is COc1ccc(OCC(=O)OC(C)(C)C)c(C#N)c1. The highest BCUT2D eigenvalue weighted by Crippen LogP contribution is 2.23. The molecule has 1 rings (SSSR count). The summed E-state index contributed by atoms with van der Waals surface area (Å²) in [6.07, 6.45) is 0. The standard InChI is InChI=1S/C14H17NO4/c1-14(2,3)19-13(16)9-18-12-6-5-11(17-4)7-10(12)8-15/h5-7H,9H2,1-4H3. The number of nitriles is 1. The van der Waals surface area contributed by atoms with Gasteiger partial charge in [0, 0.05) is 6.07 Å². The molecule has 0 radical (unpaired) electrons. The summed E-state index contributed by atoms with van der Waals surface area (Å²) in [6, 6.07) is 6.77. The highest BCUT2D eigenvalue weighted by Gasteiger charge is 2.17. The van der Waals surface area contributed by atoms with Gasteiger partial charge >= 0.3 is 5.97 Å². The molecule has 0 bridgehead atoms. The summed E-state index contributed by atoms with van der Waals surface area (Å²) in [5.74, 6) is 0.405. The van der Waals surface area contributed by atoms with Gasteiger partial charge in [-0.2, -0.15) is 5.26 Å². The third-order valence-corrected chi connectivity index (χ3v) is 2.07. The molecule has 1 aromatic carbocycles. The molecule has 0 aliphatic heterocycles. The fourth-order valence-corrected chi connectivity index (χ4v) is 1.36. The zero-order chi connectivity index (χ0) is 14.5. The minimum atomic E-state index is -0.557. The number of nitrogens with zero attached hydrogens (tertiary/aromatic N) is 1. The third-order valence-electron chi connectivity index (χ3n) is 2.07. The Kier molecular flexibility index (Phi) is 4.76. The van der Waals surface area contributed by atoms with Gasteiger partial charge in [-0.05, 0) is 32.9 Å². The summed E-state index contributed by atoms with van der Waals surface area (Å²) in [7, 11) is 1.51. The molecule has 19 heavy (non-hydrogen) atoms. The number of benzene rings is 1. The van der Waals surface area contributed by atoms with Crippen molar-refractivity contribution in [2.45, 2.75) is 26.4 Å². The van der Waals surface area contributed by atoms with Crippen LogP contribution >= 0.6 is 0 Å². The quantitative estimate of drug-likeness (QED) is 0.779. The number of methoxy groups -OCH3 is 1. The van der Waals surface area contributed by atoms with Crippen molar-refractivity contribution in [1.82, 2.24) is 0 Å². The van der Waals surface area contributed by atoms with E-state index in [-0.39, 0.29) is 6.61 Å². The second-order valence-electron chi connectivity index (χ2n) is 4.85. The monoisotopic (exact) mass is 263 g/mol. The molecule has 0 amide bonds. The minimum absolute atomic E-state index is 0.238. The van der Waals surface area contributed by atoms with E-state index in [2.05, 4.69) is 0 Å². The first-order chi connectivity index (χ1) is 8.85. The number of hydrogen-bond donors (Lipinski definition) is 0. The van der Waals surface area contributed by atoms with E-state index >= 15 is 0 Å². The maximum atomic E-state index is 11.5. The van der Waals surface area contributed by atoms with Crippen LogP contribution in [0.2, 0.25) is 0 Å². The van der Waals surface area contributed by atoms with Crippen molar-refractivity contribution >= 4 is 5.97 Å². The van der Waals surface area contributed by atoms with Gasteiger partial charge in [-0.15, -0.1) is 0 Å². The molecule has 1 aromatic rings. The highest BCUT2D eigenvalue weighted by atomic mass is 16.6. The zero-order valence-corrected chi connectivity index (χ0v) is 11.5. The van der Waals surface area contributed by atoms with E-state index in [1.807, 2.05) is 6.07 Å². The van der Waals surface area contributed by atoms with Crippen molar-refractivity contribution < 1.29 is 19.0 Å². The van der Waals surface area contributed by atoms with E-state index in [1.165, 1.54) is 7.11 Å². The van der Waals surface area contributed by atoms with Crippen molar-refractivity contribution in [2.24, 2.45) is 0 Å². The van der Waals surface area contributed by atoms with Gasteiger partial charge in [-0.1, -0.05) is 0 Å². The number of hydrogen-bond acceptors (Lipinski definition) is 5. The van der Waals surface area contributed by atoms with E-state index in [0.717, 1.165) is 0 Å². The van der Waals surface area contributed by atoms with E-state index in [1.54, 1.807) is 39.0 Å². The van der Waals surface area contributed by atoms with Gasteiger partial charge < -0.3 is 14.2 Å². The van der Waals surface area contributed by atoms with Crippen LogP contribution in [0.3, 0.4) is 0 Å². The summed E-state index contributed by atoms with van der Waals surface area (Å²) >= 11 is 0. The van der Waals surface area contributed by atoms with E-state index < -0.39 is 11.6 Å². The number of carbonyl (C=O) groups excluding carboxylic acids is 1. The van der Waals surface area contributed by atoms with Crippen LogP contribution in [0.15, 0.2) is 18.2 Å². The Morgan fingerprint density at radius 3 is 2.58 bits per heavy atom. The Morgan fingerprint density at radius 1 is 1.37 bits per heavy atom. The molecule has 0 unspecified atom stereocenters. The number of esters is 1. The van der Waals surface area contributed by atoms with Gasteiger partial charge in [0.05, 0.1) is 12.7 Å². The molecule has 0 aliphatic rings. The second-order valence-corrected chi connectivity index (χ2v) is 4.85.